The Morgan fingerprint density at radius 3 is 2.10 bits per heavy atom. The molecule has 2 aromatic rings. The number of methoxy groups -OCH3 is 2. The highest BCUT2D eigenvalue weighted by Gasteiger charge is 2.52. The first kappa shape index (κ1) is 31.4. The van der Waals surface area contributed by atoms with Gasteiger partial charge in [0, 0.05) is 23.1 Å². The molecule has 1 saturated heterocycles. The zero-order chi connectivity index (χ0) is 29.7. The number of rotatable bonds is 8. The third-order valence-corrected chi connectivity index (χ3v) is 13.3. The maximum Gasteiger partial charge on any atom is 0.498 e. The van der Waals surface area contributed by atoms with Crippen LogP contribution in [0.2, 0.25) is 18.1 Å². The molecule has 1 aliphatic heterocycles. The maximum absolute atomic E-state index is 13.7. The van der Waals surface area contributed by atoms with Crippen LogP contribution in [0.4, 0.5) is 0 Å². The monoisotopic (exact) mass is 559 g/mol. The van der Waals surface area contributed by atoms with Gasteiger partial charge in [-0.2, -0.15) is 0 Å². The molecule has 0 aliphatic carbocycles. The summed E-state index contributed by atoms with van der Waals surface area (Å²) in [6, 6.07) is 3.41. The third-order valence-electron chi connectivity index (χ3n) is 8.84. The van der Waals surface area contributed by atoms with E-state index in [2.05, 4.69) is 47.7 Å². The highest BCUT2D eigenvalue weighted by atomic mass is 28.4. The van der Waals surface area contributed by atoms with Crippen molar-refractivity contribution in [1.82, 2.24) is 4.57 Å². The number of hydrogen-bond donors (Lipinski definition) is 0. The van der Waals surface area contributed by atoms with Gasteiger partial charge in [-0.25, -0.2) is 4.79 Å². The second-order valence-electron chi connectivity index (χ2n) is 13.4. The van der Waals surface area contributed by atoms with E-state index in [1.807, 2.05) is 38.3 Å². The smallest absolute Gasteiger partial charge is 0.497 e. The number of pyridine rings is 1. The predicted octanol–water partition coefficient (Wildman–Crippen LogP) is 5.31. The Bertz CT molecular complexity index is 1280. The van der Waals surface area contributed by atoms with Crippen LogP contribution in [0.25, 0.3) is 10.9 Å². The molecule has 1 aromatic heterocycles. The fourth-order valence-corrected chi connectivity index (χ4v) is 5.38. The van der Waals surface area contributed by atoms with Gasteiger partial charge in [0.1, 0.15) is 11.3 Å². The quantitative estimate of drug-likeness (QED) is 0.320. The van der Waals surface area contributed by atoms with Crippen molar-refractivity contribution in [3.05, 3.63) is 34.1 Å². The Morgan fingerprint density at radius 2 is 1.64 bits per heavy atom. The minimum Gasteiger partial charge on any atom is -0.497 e. The summed E-state index contributed by atoms with van der Waals surface area (Å²) in [5.41, 5.74) is -0.366. The van der Waals surface area contributed by atoms with Gasteiger partial charge in [-0.15, -0.1) is 0 Å². The van der Waals surface area contributed by atoms with Crippen molar-refractivity contribution in [1.29, 1.82) is 0 Å². The van der Waals surface area contributed by atoms with Gasteiger partial charge in [0.05, 0.1) is 43.6 Å². The molecule has 1 fully saturated rings. The zero-order valence-electron chi connectivity index (χ0n) is 26.0. The molecule has 0 N–H and O–H groups in total. The first-order valence-corrected chi connectivity index (χ1v) is 16.5. The maximum atomic E-state index is 13.7. The Balaban J connectivity index is 2.27. The number of ether oxygens (including phenoxy) is 2. The molecule has 3 rings (SSSR count). The van der Waals surface area contributed by atoms with Crippen molar-refractivity contribution in [3.63, 3.8) is 0 Å². The van der Waals surface area contributed by atoms with Crippen molar-refractivity contribution < 1.29 is 28.0 Å². The van der Waals surface area contributed by atoms with E-state index in [-0.39, 0.29) is 22.6 Å². The zero-order valence-corrected chi connectivity index (χ0v) is 27.0. The third kappa shape index (κ3) is 5.85. The predicted molar refractivity (Wildman–Crippen MR) is 159 cm³/mol. The Kier molecular flexibility index (Phi) is 8.60. The van der Waals surface area contributed by atoms with Crippen LogP contribution in [0.5, 0.6) is 5.75 Å². The van der Waals surface area contributed by atoms with Crippen molar-refractivity contribution in [2.24, 2.45) is 5.92 Å². The van der Waals surface area contributed by atoms with Gasteiger partial charge in [0.2, 0.25) is 5.43 Å². The number of nitrogens with zero attached hydrogens (tertiary/aromatic N) is 1. The summed E-state index contributed by atoms with van der Waals surface area (Å²) >= 11 is 0. The number of hydrogen-bond acceptors (Lipinski definition) is 7. The molecule has 8 nitrogen and oxygen atoms in total. The summed E-state index contributed by atoms with van der Waals surface area (Å²) in [4.78, 5) is 26.5. The van der Waals surface area contributed by atoms with Gasteiger partial charge in [-0.05, 0) is 57.8 Å². The number of aromatic nitrogens is 1. The summed E-state index contributed by atoms with van der Waals surface area (Å²) in [6.07, 6.45) is 1.60. The minimum absolute atomic E-state index is 0.0342. The molecule has 0 spiro atoms. The molecule has 1 atom stereocenters. The normalized spacial score (nSPS) is 18.1. The molecule has 216 valence electrons. The van der Waals surface area contributed by atoms with E-state index in [0.717, 1.165) is 0 Å². The van der Waals surface area contributed by atoms with E-state index < -0.39 is 38.0 Å². The Hall–Kier alpha value is -2.14. The molecule has 1 aliphatic rings. The van der Waals surface area contributed by atoms with Gasteiger partial charge < -0.3 is 27.8 Å². The summed E-state index contributed by atoms with van der Waals surface area (Å²) in [6.45, 7) is 23.6. The highest BCUT2D eigenvalue weighted by Crippen LogP contribution is 2.39. The largest absolute Gasteiger partial charge is 0.498 e. The van der Waals surface area contributed by atoms with Crippen LogP contribution in [-0.4, -0.2) is 58.0 Å². The van der Waals surface area contributed by atoms with Gasteiger partial charge in [0.25, 0.3) is 0 Å². The van der Waals surface area contributed by atoms with E-state index in [0.29, 0.717) is 28.7 Å². The molecule has 10 heteroatoms. The van der Waals surface area contributed by atoms with E-state index in [1.54, 1.807) is 19.4 Å². The SMILES string of the molecule is COC(=O)c1cn([C@H](CO[Si](C)(C)C(C)(C)C)C(C)C)c2cc(OC)c(B3OC(C)(C)C(C)(C)O3)cc2c1=O. The lowest BCUT2D eigenvalue weighted by atomic mass is 9.77. The Labute approximate surface area is 234 Å². The van der Waals surface area contributed by atoms with E-state index in [9.17, 15) is 9.59 Å². The van der Waals surface area contributed by atoms with Crippen molar-refractivity contribution in [2.75, 3.05) is 20.8 Å². The molecule has 0 bridgehead atoms. The van der Waals surface area contributed by atoms with Crippen LogP contribution in [0.15, 0.2) is 23.1 Å². The molecule has 39 heavy (non-hydrogen) atoms. The topological polar surface area (TPSA) is 85.2 Å². The van der Waals surface area contributed by atoms with Crippen LogP contribution >= 0.6 is 0 Å². The fraction of sp³-hybridized carbons (Fsp3) is 0.655. The van der Waals surface area contributed by atoms with E-state index >= 15 is 0 Å². The number of benzene rings is 1. The van der Waals surface area contributed by atoms with E-state index in [4.69, 9.17) is 23.2 Å². The first-order valence-electron chi connectivity index (χ1n) is 13.6. The molecule has 2 heterocycles. The minimum atomic E-state index is -2.06. The molecular formula is C29H46BNO7Si. The number of esters is 1. The van der Waals surface area contributed by atoms with Crippen molar-refractivity contribution in [2.45, 2.75) is 97.7 Å². The number of carbonyl (C=O) groups is 1. The Morgan fingerprint density at radius 1 is 1.08 bits per heavy atom. The van der Waals surface area contributed by atoms with Gasteiger partial charge in [-0.1, -0.05) is 34.6 Å². The van der Waals surface area contributed by atoms with Gasteiger partial charge >= 0.3 is 13.1 Å². The molecule has 0 unspecified atom stereocenters. The molecule has 0 amide bonds. The van der Waals surface area contributed by atoms with Crippen molar-refractivity contribution >= 4 is 37.8 Å². The van der Waals surface area contributed by atoms with Crippen LogP contribution in [-0.2, 0) is 18.5 Å². The van der Waals surface area contributed by atoms with Crippen LogP contribution in [0.3, 0.4) is 0 Å². The summed E-state index contributed by atoms with van der Waals surface area (Å²) < 4.78 is 32.0. The lowest BCUT2D eigenvalue weighted by molar-refractivity contribution is 0.00578. The van der Waals surface area contributed by atoms with Crippen LogP contribution in [0, 0.1) is 5.92 Å². The lowest BCUT2D eigenvalue weighted by Gasteiger charge is -2.38. The molecular weight excluding hydrogens is 513 g/mol. The fourth-order valence-electron chi connectivity index (χ4n) is 4.36. The molecule has 1 aromatic carbocycles. The summed E-state index contributed by atoms with van der Waals surface area (Å²) in [7, 11) is 0.0561. The summed E-state index contributed by atoms with van der Waals surface area (Å²) in [5, 5.41) is 0.402. The first-order chi connectivity index (χ1) is 17.8. The standard InChI is InChI=1S/C29H46BNO7Si/c1-18(2)23(17-36-39(12,13)27(3,4)5)31-16-20(26(33)35-11)25(32)19-14-21(24(34-10)15-22(19)31)30-37-28(6,7)29(8,9)38-30/h14-16,18,23H,17H2,1-13H3/t23-/m1/s1. The number of carbonyl (C=O) groups excluding carboxylic acids is 1. The highest BCUT2D eigenvalue weighted by molar-refractivity contribution is 6.74. The van der Waals surface area contributed by atoms with Gasteiger partial charge in [0.15, 0.2) is 8.32 Å². The lowest BCUT2D eigenvalue weighted by Crippen LogP contribution is -2.42. The van der Waals surface area contributed by atoms with Gasteiger partial charge in [-0.3, -0.25) is 4.79 Å². The second kappa shape index (κ2) is 10.7. The van der Waals surface area contributed by atoms with Crippen LogP contribution < -0.4 is 15.6 Å². The second-order valence-corrected chi connectivity index (χ2v) is 18.2. The van der Waals surface area contributed by atoms with E-state index in [1.165, 1.54) is 7.11 Å². The molecule has 0 saturated carbocycles. The average molecular weight is 560 g/mol. The summed E-state index contributed by atoms with van der Waals surface area (Å²) in [5.74, 6) is -0.0102. The van der Waals surface area contributed by atoms with Crippen LogP contribution in [0.1, 0.15) is 78.7 Å². The van der Waals surface area contributed by atoms with Crippen molar-refractivity contribution in [3.8, 4) is 5.75 Å². The average Bonchev–Trinajstić information content (AvgIpc) is 3.04. The number of fused-ring (bicyclic) bond motifs is 1. The molecule has 0 radical (unpaired) electrons.